The minimum Gasteiger partial charge on any atom is -0.492 e. The van der Waals surface area contributed by atoms with Crippen LogP contribution < -0.4 is 9.47 Å². The normalized spacial score (nSPS) is 27.5. The minimum atomic E-state index is -0.194. The molecule has 0 aromatic heterocycles. The average Bonchev–Trinajstić information content (AvgIpc) is 3.82. The van der Waals surface area contributed by atoms with E-state index in [2.05, 4.69) is 0 Å². The maximum Gasteiger partial charge on any atom is 0.309 e. The number of esters is 2. The van der Waals surface area contributed by atoms with Crippen molar-refractivity contribution in [2.45, 2.75) is 77.0 Å². The van der Waals surface area contributed by atoms with Crippen LogP contribution in [0.2, 0.25) is 0 Å². The number of ether oxygens (including phenoxy) is 4. The second-order valence-corrected chi connectivity index (χ2v) is 13.6. The van der Waals surface area contributed by atoms with Crippen LogP contribution in [0.1, 0.15) is 77.0 Å². The van der Waals surface area contributed by atoms with Crippen molar-refractivity contribution in [1.29, 1.82) is 0 Å². The second kappa shape index (κ2) is 11.4. The van der Waals surface area contributed by atoms with Crippen LogP contribution in [0.15, 0.2) is 48.5 Å². The lowest BCUT2D eigenvalue weighted by Gasteiger charge is -2.25. The summed E-state index contributed by atoms with van der Waals surface area (Å²) in [5, 5.41) is 3.67. The Morgan fingerprint density at radius 1 is 0.595 bits per heavy atom. The molecule has 3 aromatic rings. The third-order valence-corrected chi connectivity index (χ3v) is 10.8. The number of hydrogen-bond donors (Lipinski definition) is 0. The molecule has 3 aromatic carbocycles. The van der Waals surface area contributed by atoms with Gasteiger partial charge in [-0.15, -0.1) is 0 Å². The number of hydrogen-bond acceptors (Lipinski definition) is 6. The van der Waals surface area contributed by atoms with Crippen LogP contribution in [0.4, 0.5) is 0 Å². The largest absolute Gasteiger partial charge is 0.492 e. The van der Waals surface area contributed by atoms with Crippen molar-refractivity contribution < 1.29 is 28.5 Å². The molecule has 42 heavy (non-hydrogen) atoms. The molecular weight excluding hydrogens is 528 g/mol. The van der Waals surface area contributed by atoms with Crippen molar-refractivity contribution in [3.05, 3.63) is 48.5 Å². The molecule has 0 heterocycles. The summed E-state index contributed by atoms with van der Waals surface area (Å²) in [4.78, 5) is 25.2. The molecule has 222 valence electrons. The number of fused-ring (bicyclic) bond motifs is 6. The lowest BCUT2D eigenvalue weighted by Crippen LogP contribution is -2.24. The van der Waals surface area contributed by atoms with E-state index in [0.717, 1.165) is 44.9 Å². The first-order valence-corrected chi connectivity index (χ1v) is 16.0. The van der Waals surface area contributed by atoms with Crippen LogP contribution in [0, 0.1) is 22.7 Å². The maximum absolute atomic E-state index is 12.6. The lowest BCUT2D eigenvalue weighted by atomic mass is 9.85. The van der Waals surface area contributed by atoms with Crippen LogP contribution in [0.5, 0.6) is 11.5 Å². The molecule has 0 atom stereocenters. The van der Waals surface area contributed by atoms with E-state index in [9.17, 15) is 9.59 Å². The van der Waals surface area contributed by atoms with E-state index in [1.807, 2.05) is 48.5 Å². The van der Waals surface area contributed by atoms with Gasteiger partial charge in [-0.25, -0.2) is 0 Å². The molecule has 0 spiro atoms. The Balaban J connectivity index is 0.995. The Labute approximate surface area is 248 Å². The molecule has 4 saturated carbocycles. The molecule has 6 nitrogen and oxygen atoms in total. The fourth-order valence-electron chi connectivity index (χ4n) is 8.47. The number of carbonyl (C=O) groups is 2. The van der Waals surface area contributed by atoms with Gasteiger partial charge in [-0.3, -0.25) is 9.59 Å². The van der Waals surface area contributed by atoms with Crippen molar-refractivity contribution >= 4 is 33.5 Å². The molecule has 4 aliphatic rings. The molecule has 7 rings (SSSR count). The molecule has 4 fully saturated rings. The highest BCUT2D eigenvalue weighted by atomic mass is 16.5. The zero-order chi connectivity index (χ0) is 28.6. The molecule has 0 amide bonds. The molecule has 6 heteroatoms. The Kier molecular flexibility index (Phi) is 7.49. The van der Waals surface area contributed by atoms with Gasteiger partial charge in [-0.1, -0.05) is 48.5 Å². The highest BCUT2D eigenvalue weighted by Gasteiger charge is 2.46. The van der Waals surface area contributed by atoms with Crippen molar-refractivity contribution in [1.82, 2.24) is 0 Å². The SMILES string of the molecule is O=C(CCOc1c2ccccc2c(OCCC(=O)OCC23CCC(CC2)C3)c2ccccc12)OCC12CCC(CC1)C2. The van der Waals surface area contributed by atoms with Crippen LogP contribution in [0.25, 0.3) is 21.5 Å². The van der Waals surface area contributed by atoms with Crippen molar-refractivity contribution in [3.63, 3.8) is 0 Å². The molecule has 0 radical (unpaired) electrons. The monoisotopic (exact) mass is 570 g/mol. The number of benzene rings is 3. The Hall–Kier alpha value is -3.28. The van der Waals surface area contributed by atoms with E-state index >= 15 is 0 Å². The topological polar surface area (TPSA) is 71.1 Å². The minimum absolute atomic E-state index is 0.194. The molecule has 0 unspecified atom stereocenters. The smallest absolute Gasteiger partial charge is 0.309 e. The molecular formula is C36H42O6. The van der Waals surface area contributed by atoms with Crippen LogP contribution in [0.3, 0.4) is 0 Å². The van der Waals surface area contributed by atoms with E-state index in [1.165, 1.54) is 64.2 Å². The Morgan fingerprint density at radius 2 is 0.952 bits per heavy atom. The summed E-state index contributed by atoms with van der Waals surface area (Å²) in [6.45, 7) is 1.59. The standard InChI is InChI=1S/C36H42O6/c37-31(41-23-35-15-9-25(21-35)10-16-35)13-19-39-33-27-5-1-2-6-28(27)34(30-8-4-3-7-29(30)33)40-20-14-32(38)42-24-36-17-11-26(22-36)12-18-36/h1-8,25-26H,9-24H2. The van der Waals surface area contributed by atoms with E-state index in [4.69, 9.17) is 18.9 Å². The second-order valence-electron chi connectivity index (χ2n) is 13.6. The van der Waals surface area contributed by atoms with Crippen molar-refractivity contribution in [2.24, 2.45) is 22.7 Å². The highest BCUT2D eigenvalue weighted by molar-refractivity contribution is 6.11. The van der Waals surface area contributed by atoms with Gasteiger partial charge in [0.15, 0.2) is 0 Å². The molecule has 0 N–H and O–H groups in total. The summed E-state index contributed by atoms with van der Waals surface area (Å²) in [6, 6.07) is 16.0. The number of rotatable bonds is 12. The van der Waals surface area contributed by atoms with Crippen molar-refractivity contribution in [2.75, 3.05) is 26.4 Å². The van der Waals surface area contributed by atoms with Crippen LogP contribution >= 0.6 is 0 Å². The fourth-order valence-corrected chi connectivity index (χ4v) is 8.47. The summed E-state index contributed by atoms with van der Waals surface area (Å²) < 4.78 is 24.1. The third kappa shape index (κ3) is 5.45. The first-order valence-electron chi connectivity index (χ1n) is 16.0. The van der Waals surface area contributed by atoms with Crippen molar-refractivity contribution in [3.8, 4) is 11.5 Å². The van der Waals surface area contributed by atoms with E-state index in [-0.39, 0.29) is 48.8 Å². The first kappa shape index (κ1) is 27.5. The maximum atomic E-state index is 12.6. The zero-order valence-corrected chi connectivity index (χ0v) is 24.5. The van der Waals surface area contributed by atoms with Gasteiger partial charge in [-0.05, 0) is 76.0 Å². The summed E-state index contributed by atoms with van der Waals surface area (Å²) >= 11 is 0. The molecule has 0 saturated heterocycles. The number of carbonyl (C=O) groups excluding carboxylic acids is 2. The van der Waals surface area contributed by atoms with E-state index in [1.54, 1.807) is 0 Å². The van der Waals surface area contributed by atoms with Gasteiger partial charge in [-0.2, -0.15) is 0 Å². The predicted octanol–water partition coefficient (Wildman–Crippen LogP) is 7.78. The highest BCUT2D eigenvalue weighted by Crippen LogP contribution is 2.55. The summed E-state index contributed by atoms with van der Waals surface area (Å²) in [7, 11) is 0. The van der Waals surface area contributed by atoms with Crippen LogP contribution in [-0.2, 0) is 19.1 Å². The van der Waals surface area contributed by atoms with Gasteiger partial charge < -0.3 is 18.9 Å². The fraction of sp³-hybridized carbons (Fsp3) is 0.556. The summed E-state index contributed by atoms with van der Waals surface area (Å²) in [6.07, 6.45) is 12.7. The third-order valence-electron chi connectivity index (χ3n) is 10.8. The first-order chi connectivity index (χ1) is 20.5. The van der Waals surface area contributed by atoms with Gasteiger partial charge in [0.05, 0.1) is 39.3 Å². The van der Waals surface area contributed by atoms with Gasteiger partial charge in [0, 0.05) is 32.4 Å². The van der Waals surface area contributed by atoms with Gasteiger partial charge in [0.25, 0.3) is 0 Å². The van der Waals surface area contributed by atoms with E-state index < -0.39 is 0 Å². The Morgan fingerprint density at radius 3 is 1.26 bits per heavy atom. The Bertz CT molecular complexity index is 1290. The lowest BCUT2D eigenvalue weighted by molar-refractivity contribution is -0.148. The van der Waals surface area contributed by atoms with Gasteiger partial charge >= 0.3 is 11.9 Å². The quantitative estimate of drug-likeness (QED) is 0.164. The summed E-state index contributed by atoms with van der Waals surface area (Å²) in [5.74, 6) is 2.76. The van der Waals surface area contributed by atoms with Crippen LogP contribution in [-0.4, -0.2) is 38.4 Å². The molecule has 4 bridgehead atoms. The van der Waals surface area contributed by atoms with E-state index in [0.29, 0.717) is 13.2 Å². The zero-order valence-electron chi connectivity index (χ0n) is 24.5. The van der Waals surface area contributed by atoms with Gasteiger partial charge in [0.2, 0.25) is 0 Å². The average molecular weight is 571 g/mol. The van der Waals surface area contributed by atoms with Gasteiger partial charge in [0.1, 0.15) is 11.5 Å². The molecule has 4 aliphatic carbocycles. The predicted molar refractivity (Wildman–Crippen MR) is 162 cm³/mol. The summed E-state index contributed by atoms with van der Waals surface area (Å²) in [5.41, 5.74) is 0.463. The molecule has 0 aliphatic heterocycles.